The fourth-order valence-electron chi connectivity index (χ4n) is 2.79. The second-order valence-corrected chi connectivity index (χ2v) is 7.08. The summed E-state index contributed by atoms with van der Waals surface area (Å²) in [7, 11) is 0. The average molecular weight is 370 g/mol. The number of nitrogens with zero attached hydrogens (tertiary/aromatic N) is 3. The summed E-state index contributed by atoms with van der Waals surface area (Å²) in [5, 5.41) is 6.83. The first-order valence-corrected chi connectivity index (χ1v) is 9.34. The molecule has 0 spiro atoms. The van der Waals surface area contributed by atoms with Crippen LogP contribution in [-0.4, -0.2) is 34.2 Å². The Bertz CT molecular complexity index is 871. The third-order valence-corrected chi connectivity index (χ3v) is 5.29. The van der Waals surface area contributed by atoms with Gasteiger partial charge < -0.3 is 14.6 Å². The lowest BCUT2D eigenvalue weighted by Crippen LogP contribution is -2.24. The first-order valence-electron chi connectivity index (χ1n) is 8.52. The minimum atomic E-state index is -0.0914. The van der Waals surface area contributed by atoms with Crippen LogP contribution in [0.1, 0.15) is 39.4 Å². The van der Waals surface area contributed by atoms with Gasteiger partial charge in [-0.15, -0.1) is 11.3 Å². The van der Waals surface area contributed by atoms with E-state index in [4.69, 9.17) is 9.26 Å². The van der Waals surface area contributed by atoms with Crippen molar-refractivity contribution in [3.63, 3.8) is 0 Å². The van der Waals surface area contributed by atoms with E-state index < -0.39 is 0 Å². The number of carbonyl (C=O) groups excluding carboxylic acids is 1. The van der Waals surface area contributed by atoms with Gasteiger partial charge in [-0.25, -0.2) is 0 Å². The van der Waals surface area contributed by atoms with Crippen molar-refractivity contribution in [3.05, 3.63) is 52.3 Å². The first-order chi connectivity index (χ1) is 12.8. The van der Waals surface area contributed by atoms with Gasteiger partial charge in [0.05, 0.1) is 11.0 Å². The highest BCUT2D eigenvalue weighted by atomic mass is 32.1. The van der Waals surface area contributed by atoms with Crippen molar-refractivity contribution < 1.29 is 14.1 Å². The first kappa shape index (κ1) is 16.9. The Morgan fingerprint density at radius 1 is 1.35 bits per heavy atom. The van der Waals surface area contributed by atoms with E-state index in [0.29, 0.717) is 29.6 Å². The van der Waals surface area contributed by atoms with E-state index in [9.17, 15) is 4.79 Å². The summed E-state index contributed by atoms with van der Waals surface area (Å²) in [6.45, 7) is 1.23. The average Bonchev–Trinajstić information content (AvgIpc) is 3.42. The molecule has 0 aromatic carbocycles. The van der Waals surface area contributed by atoms with Crippen LogP contribution >= 0.6 is 11.3 Å². The molecule has 0 saturated carbocycles. The number of carbonyl (C=O) groups is 1. The van der Waals surface area contributed by atoms with Gasteiger partial charge in [-0.1, -0.05) is 5.16 Å². The van der Waals surface area contributed by atoms with Crippen LogP contribution < -0.4 is 5.32 Å². The highest BCUT2D eigenvalue weighted by molar-refractivity contribution is 7.14. The Labute approximate surface area is 154 Å². The quantitative estimate of drug-likeness (QED) is 0.717. The molecule has 1 N–H and O–H groups in total. The van der Waals surface area contributed by atoms with Crippen molar-refractivity contribution in [1.29, 1.82) is 0 Å². The number of rotatable bonds is 6. The third kappa shape index (κ3) is 3.81. The molecule has 3 aromatic rings. The third-order valence-electron chi connectivity index (χ3n) is 4.11. The molecule has 1 saturated heterocycles. The summed E-state index contributed by atoms with van der Waals surface area (Å²) in [4.78, 5) is 22.4. The predicted octanol–water partition coefficient (Wildman–Crippen LogP) is 3.02. The largest absolute Gasteiger partial charge is 0.373 e. The van der Waals surface area contributed by atoms with Gasteiger partial charge in [0, 0.05) is 42.4 Å². The van der Waals surface area contributed by atoms with Crippen molar-refractivity contribution in [3.8, 4) is 11.4 Å². The van der Waals surface area contributed by atoms with Gasteiger partial charge in [-0.3, -0.25) is 9.78 Å². The van der Waals surface area contributed by atoms with E-state index in [1.54, 1.807) is 12.4 Å². The minimum Gasteiger partial charge on any atom is -0.373 e. The highest BCUT2D eigenvalue weighted by Crippen LogP contribution is 2.33. The zero-order valence-electron chi connectivity index (χ0n) is 14.1. The second kappa shape index (κ2) is 7.76. The Morgan fingerprint density at radius 3 is 3.12 bits per heavy atom. The molecule has 8 heteroatoms. The highest BCUT2D eigenvalue weighted by Gasteiger charge is 2.20. The van der Waals surface area contributed by atoms with Crippen LogP contribution in [0.4, 0.5) is 0 Å². The molecule has 1 atom stereocenters. The molecule has 1 aliphatic heterocycles. The monoisotopic (exact) mass is 370 g/mol. The number of pyridine rings is 1. The molecular weight excluding hydrogens is 352 g/mol. The zero-order valence-corrected chi connectivity index (χ0v) is 14.9. The van der Waals surface area contributed by atoms with Crippen molar-refractivity contribution in [2.75, 3.05) is 13.2 Å². The molecule has 0 aliphatic carbocycles. The molecule has 0 radical (unpaired) electrons. The molecule has 4 rings (SSSR count). The standard InChI is InChI=1S/C18H18N4O3S/c23-18(15-6-5-14(26-15)13-4-2-10-24-13)20-9-7-16-21-17(22-25-16)12-3-1-8-19-11-12/h1,3,5-6,8,11,13H,2,4,7,9-10H2,(H,20,23)/t13-/m1/s1. The lowest BCUT2D eigenvalue weighted by molar-refractivity contribution is 0.0957. The van der Waals surface area contributed by atoms with Gasteiger partial charge in [0.2, 0.25) is 11.7 Å². The van der Waals surface area contributed by atoms with Gasteiger partial charge in [-0.05, 0) is 37.1 Å². The Kier molecular flexibility index (Phi) is 5.03. The molecule has 0 unspecified atom stereocenters. The molecule has 0 bridgehead atoms. The van der Waals surface area contributed by atoms with Crippen LogP contribution in [-0.2, 0) is 11.2 Å². The van der Waals surface area contributed by atoms with Gasteiger partial charge in [0.25, 0.3) is 5.91 Å². The molecule has 1 fully saturated rings. The lowest BCUT2D eigenvalue weighted by Gasteiger charge is -2.05. The van der Waals surface area contributed by atoms with Gasteiger partial charge in [0.1, 0.15) is 0 Å². The van der Waals surface area contributed by atoms with Gasteiger partial charge in [-0.2, -0.15) is 4.98 Å². The maximum atomic E-state index is 12.3. The van der Waals surface area contributed by atoms with Crippen molar-refractivity contribution >= 4 is 17.2 Å². The molecule has 134 valence electrons. The minimum absolute atomic E-state index is 0.0914. The molecule has 26 heavy (non-hydrogen) atoms. The summed E-state index contributed by atoms with van der Waals surface area (Å²) < 4.78 is 10.9. The predicted molar refractivity (Wildman–Crippen MR) is 95.8 cm³/mol. The SMILES string of the molecule is O=C(NCCc1nc(-c2cccnc2)no1)c1ccc([C@H]2CCCO2)s1. The maximum Gasteiger partial charge on any atom is 0.261 e. The van der Waals surface area contributed by atoms with Crippen LogP contribution in [0.15, 0.2) is 41.2 Å². The van der Waals surface area contributed by atoms with E-state index >= 15 is 0 Å². The number of thiophene rings is 1. The van der Waals surface area contributed by atoms with Crippen LogP contribution in [0.3, 0.4) is 0 Å². The Balaban J connectivity index is 1.29. The Morgan fingerprint density at radius 2 is 2.31 bits per heavy atom. The molecule has 4 heterocycles. The summed E-state index contributed by atoms with van der Waals surface area (Å²) in [6.07, 6.45) is 6.09. The second-order valence-electron chi connectivity index (χ2n) is 5.96. The molecule has 1 amide bonds. The number of amides is 1. The number of ether oxygens (including phenoxy) is 1. The topological polar surface area (TPSA) is 90.1 Å². The summed E-state index contributed by atoms with van der Waals surface area (Å²) >= 11 is 1.49. The molecule has 3 aromatic heterocycles. The number of aromatic nitrogens is 3. The Hall–Kier alpha value is -2.58. The smallest absolute Gasteiger partial charge is 0.261 e. The fraction of sp³-hybridized carbons (Fsp3) is 0.333. The van der Waals surface area contributed by atoms with E-state index in [2.05, 4.69) is 20.4 Å². The molecule has 7 nitrogen and oxygen atoms in total. The van der Waals surface area contributed by atoms with Crippen LogP contribution in [0, 0.1) is 0 Å². The van der Waals surface area contributed by atoms with Crippen LogP contribution in [0.25, 0.3) is 11.4 Å². The van der Waals surface area contributed by atoms with Gasteiger partial charge in [0.15, 0.2) is 0 Å². The molecule has 1 aliphatic rings. The fourth-order valence-corrected chi connectivity index (χ4v) is 3.80. The number of hydrogen-bond acceptors (Lipinski definition) is 7. The van der Waals surface area contributed by atoms with Crippen molar-refractivity contribution in [2.24, 2.45) is 0 Å². The van der Waals surface area contributed by atoms with E-state index in [-0.39, 0.29) is 12.0 Å². The lowest BCUT2D eigenvalue weighted by atomic mass is 10.2. The van der Waals surface area contributed by atoms with Crippen molar-refractivity contribution in [2.45, 2.75) is 25.4 Å². The van der Waals surface area contributed by atoms with E-state index in [1.807, 2.05) is 24.3 Å². The van der Waals surface area contributed by atoms with Crippen molar-refractivity contribution in [1.82, 2.24) is 20.4 Å². The number of hydrogen-bond donors (Lipinski definition) is 1. The maximum absolute atomic E-state index is 12.3. The summed E-state index contributed by atoms with van der Waals surface area (Å²) in [6, 6.07) is 7.52. The summed E-state index contributed by atoms with van der Waals surface area (Å²) in [5.41, 5.74) is 0.798. The van der Waals surface area contributed by atoms with Crippen LogP contribution in [0.2, 0.25) is 0 Å². The zero-order chi connectivity index (χ0) is 17.8. The van der Waals surface area contributed by atoms with Crippen LogP contribution in [0.5, 0.6) is 0 Å². The molecular formula is C18H18N4O3S. The summed E-state index contributed by atoms with van der Waals surface area (Å²) in [5.74, 6) is 0.889. The van der Waals surface area contributed by atoms with Gasteiger partial charge >= 0.3 is 0 Å². The van der Waals surface area contributed by atoms with E-state index in [0.717, 1.165) is 29.9 Å². The van der Waals surface area contributed by atoms with E-state index in [1.165, 1.54) is 11.3 Å². The number of nitrogens with one attached hydrogen (secondary N) is 1. The normalized spacial score (nSPS) is 16.7.